The third-order valence-corrected chi connectivity index (χ3v) is 5.22. The number of nitrogens with one attached hydrogen (secondary N) is 2. The number of anilines is 1. The number of imidazole rings is 1. The maximum atomic E-state index is 13.0. The second-order valence-electron chi connectivity index (χ2n) is 8.40. The number of urea groups is 1. The lowest BCUT2D eigenvalue weighted by molar-refractivity contribution is -0.142. The van der Waals surface area contributed by atoms with Crippen LogP contribution >= 0.6 is 0 Å². The van der Waals surface area contributed by atoms with Gasteiger partial charge in [-0.2, -0.15) is 0 Å². The van der Waals surface area contributed by atoms with Gasteiger partial charge in [-0.1, -0.05) is 39.8 Å². The van der Waals surface area contributed by atoms with Crippen molar-refractivity contribution in [3.8, 4) is 0 Å². The Morgan fingerprint density at radius 1 is 1.10 bits per heavy atom. The van der Waals surface area contributed by atoms with Crippen molar-refractivity contribution in [2.24, 2.45) is 11.8 Å². The summed E-state index contributed by atoms with van der Waals surface area (Å²) in [4.78, 5) is 43.3. The summed E-state index contributed by atoms with van der Waals surface area (Å²) in [5, 5.41) is 14.7. The lowest BCUT2D eigenvalue weighted by atomic mass is 10.0. The van der Waals surface area contributed by atoms with Gasteiger partial charge in [0, 0.05) is 13.1 Å². The summed E-state index contributed by atoms with van der Waals surface area (Å²) >= 11 is 0. The molecule has 2 aromatic rings. The van der Waals surface area contributed by atoms with Crippen molar-refractivity contribution in [1.29, 1.82) is 0 Å². The minimum Gasteiger partial charge on any atom is -0.480 e. The molecule has 1 aliphatic rings. The Kier molecular flexibility index (Phi) is 6.28. The lowest BCUT2D eigenvalue weighted by Crippen LogP contribution is -2.56. The summed E-state index contributed by atoms with van der Waals surface area (Å²) in [7, 11) is 0. The summed E-state index contributed by atoms with van der Waals surface area (Å²) in [6.07, 6.45) is 0.315. The van der Waals surface area contributed by atoms with Crippen LogP contribution in [-0.2, 0) is 16.1 Å². The third kappa shape index (κ3) is 4.39. The van der Waals surface area contributed by atoms with Crippen molar-refractivity contribution >= 4 is 34.9 Å². The van der Waals surface area contributed by atoms with Crippen LogP contribution < -0.4 is 15.5 Å². The molecule has 0 unspecified atom stereocenters. The van der Waals surface area contributed by atoms with Crippen molar-refractivity contribution in [2.75, 3.05) is 11.4 Å². The first kappa shape index (κ1) is 21.6. The van der Waals surface area contributed by atoms with Crippen LogP contribution in [-0.4, -0.2) is 51.2 Å². The molecule has 1 aromatic carbocycles. The summed E-state index contributed by atoms with van der Waals surface area (Å²) in [5.41, 5.74) is 1.76. The van der Waals surface area contributed by atoms with Gasteiger partial charge in [-0.25, -0.2) is 14.6 Å². The zero-order chi connectivity index (χ0) is 22.0. The summed E-state index contributed by atoms with van der Waals surface area (Å²) < 4.78 is 1.97. The second kappa shape index (κ2) is 8.73. The third-order valence-electron chi connectivity index (χ3n) is 5.22. The maximum Gasteiger partial charge on any atom is 0.326 e. The van der Waals surface area contributed by atoms with Crippen molar-refractivity contribution in [3.05, 3.63) is 24.3 Å². The molecule has 0 fully saturated rings. The standard InChI is InChI=1S/C21H29N5O4/c1-12(2)11-15(19(28)29)22-18(27)17(13(3)4)24-21(30)26-10-9-25-16-8-6-5-7-14(16)23-20(25)26/h5-8,12-13,15,17H,9-11H2,1-4H3,(H,22,27)(H,24,30)(H,28,29)/t15-,17-/m0/s1. The molecule has 162 valence electrons. The van der Waals surface area contributed by atoms with Crippen molar-refractivity contribution < 1.29 is 19.5 Å². The van der Waals surface area contributed by atoms with Gasteiger partial charge >= 0.3 is 12.0 Å². The topological polar surface area (TPSA) is 117 Å². The Hall–Kier alpha value is -3.10. The Morgan fingerprint density at radius 2 is 1.80 bits per heavy atom. The van der Waals surface area contributed by atoms with E-state index in [2.05, 4.69) is 15.6 Å². The average molecular weight is 415 g/mol. The second-order valence-corrected chi connectivity index (χ2v) is 8.40. The highest BCUT2D eigenvalue weighted by atomic mass is 16.4. The molecule has 30 heavy (non-hydrogen) atoms. The first-order chi connectivity index (χ1) is 14.2. The fourth-order valence-electron chi connectivity index (χ4n) is 3.68. The van der Waals surface area contributed by atoms with Crippen LogP contribution in [0.1, 0.15) is 34.1 Å². The van der Waals surface area contributed by atoms with Gasteiger partial charge in [-0.3, -0.25) is 9.69 Å². The van der Waals surface area contributed by atoms with Gasteiger partial charge in [0.1, 0.15) is 12.1 Å². The van der Waals surface area contributed by atoms with Crippen molar-refractivity contribution in [3.63, 3.8) is 0 Å². The summed E-state index contributed by atoms with van der Waals surface area (Å²) in [6.45, 7) is 8.48. The summed E-state index contributed by atoms with van der Waals surface area (Å²) in [5.74, 6) is -1.15. The average Bonchev–Trinajstić information content (AvgIpc) is 3.23. The molecule has 3 N–H and O–H groups in total. The fraction of sp³-hybridized carbons (Fsp3) is 0.524. The Balaban J connectivity index is 1.74. The number of aromatic nitrogens is 2. The number of carboxylic acid groups (broad SMARTS) is 1. The monoisotopic (exact) mass is 415 g/mol. The zero-order valence-electron chi connectivity index (χ0n) is 17.8. The molecule has 2 heterocycles. The van der Waals surface area contributed by atoms with E-state index in [-0.39, 0.29) is 11.8 Å². The van der Waals surface area contributed by atoms with Crippen LogP contribution in [0, 0.1) is 11.8 Å². The Bertz CT molecular complexity index is 952. The van der Waals surface area contributed by atoms with Crippen molar-refractivity contribution in [2.45, 2.75) is 52.7 Å². The number of benzene rings is 1. The van der Waals surface area contributed by atoms with Gasteiger partial charge < -0.3 is 20.3 Å². The quantitative estimate of drug-likeness (QED) is 0.641. The van der Waals surface area contributed by atoms with Crippen LogP contribution in [0.5, 0.6) is 0 Å². The Morgan fingerprint density at radius 3 is 2.43 bits per heavy atom. The van der Waals surface area contributed by atoms with Gasteiger partial charge in [0.2, 0.25) is 11.9 Å². The highest BCUT2D eigenvalue weighted by Crippen LogP contribution is 2.27. The van der Waals surface area contributed by atoms with Crippen LogP contribution in [0.3, 0.4) is 0 Å². The smallest absolute Gasteiger partial charge is 0.326 e. The first-order valence-electron chi connectivity index (χ1n) is 10.3. The fourth-order valence-corrected chi connectivity index (χ4v) is 3.68. The molecule has 9 nitrogen and oxygen atoms in total. The van der Waals surface area contributed by atoms with E-state index in [0.29, 0.717) is 25.5 Å². The van der Waals surface area contributed by atoms with E-state index in [4.69, 9.17) is 0 Å². The number of aliphatic carboxylic acids is 1. The maximum absolute atomic E-state index is 13.0. The number of amides is 3. The molecule has 2 atom stereocenters. The molecule has 3 rings (SSSR count). The van der Waals surface area contributed by atoms with E-state index in [9.17, 15) is 19.5 Å². The largest absolute Gasteiger partial charge is 0.480 e. The predicted octanol–water partition coefficient (Wildman–Crippen LogP) is 2.21. The molecule has 9 heteroatoms. The highest BCUT2D eigenvalue weighted by Gasteiger charge is 2.33. The highest BCUT2D eigenvalue weighted by molar-refractivity contribution is 5.97. The van der Waals surface area contributed by atoms with E-state index >= 15 is 0 Å². The zero-order valence-corrected chi connectivity index (χ0v) is 17.8. The number of para-hydroxylation sites is 2. The number of hydrogen-bond donors (Lipinski definition) is 3. The van der Waals surface area contributed by atoms with Crippen LogP contribution in [0.4, 0.5) is 10.7 Å². The van der Waals surface area contributed by atoms with Gasteiger partial charge in [-0.05, 0) is 30.4 Å². The molecule has 1 aromatic heterocycles. The van der Waals surface area contributed by atoms with E-state index in [0.717, 1.165) is 11.0 Å². The van der Waals surface area contributed by atoms with Gasteiger partial charge in [0.25, 0.3) is 0 Å². The molecular formula is C21H29N5O4. The normalized spacial score (nSPS) is 15.3. The SMILES string of the molecule is CC(C)C[C@H](NC(=O)[C@@H](NC(=O)N1CCn2c1nc1ccccc12)C(C)C)C(=O)O. The molecule has 0 aliphatic carbocycles. The lowest BCUT2D eigenvalue weighted by Gasteiger charge is -2.26. The molecular weight excluding hydrogens is 386 g/mol. The van der Waals surface area contributed by atoms with Crippen LogP contribution in [0.15, 0.2) is 24.3 Å². The molecule has 1 aliphatic heterocycles. The number of carbonyl (C=O) groups is 3. The number of nitrogens with zero attached hydrogens (tertiary/aromatic N) is 3. The van der Waals surface area contributed by atoms with E-state index in [1.165, 1.54) is 4.90 Å². The number of rotatable bonds is 7. The molecule has 0 saturated heterocycles. The minimum atomic E-state index is -1.08. The molecule has 0 saturated carbocycles. The van der Waals surface area contributed by atoms with E-state index < -0.39 is 30.0 Å². The van der Waals surface area contributed by atoms with E-state index in [1.807, 2.05) is 56.5 Å². The number of fused-ring (bicyclic) bond motifs is 3. The Labute approximate surface area is 175 Å². The van der Waals surface area contributed by atoms with Crippen LogP contribution in [0.25, 0.3) is 11.0 Å². The first-order valence-corrected chi connectivity index (χ1v) is 10.3. The molecule has 0 spiro atoms. The minimum absolute atomic E-state index is 0.107. The number of carbonyl (C=O) groups excluding carboxylic acids is 2. The number of hydrogen-bond acceptors (Lipinski definition) is 4. The molecule has 0 bridgehead atoms. The molecule has 3 amide bonds. The van der Waals surface area contributed by atoms with Gasteiger partial charge in [0.15, 0.2) is 0 Å². The molecule has 0 radical (unpaired) electrons. The van der Waals surface area contributed by atoms with Crippen molar-refractivity contribution in [1.82, 2.24) is 20.2 Å². The predicted molar refractivity (Wildman–Crippen MR) is 113 cm³/mol. The van der Waals surface area contributed by atoms with Gasteiger partial charge in [-0.15, -0.1) is 0 Å². The number of carboxylic acids is 1. The van der Waals surface area contributed by atoms with Crippen LogP contribution in [0.2, 0.25) is 0 Å². The summed E-state index contributed by atoms with van der Waals surface area (Å²) in [6, 6.07) is 5.39. The van der Waals surface area contributed by atoms with E-state index in [1.54, 1.807) is 0 Å². The van der Waals surface area contributed by atoms with Gasteiger partial charge in [0.05, 0.1) is 11.0 Å².